The molecule has 0 spiro atoms. The molecule has 1 aromatic rings. The molecule has 1 atom stereocenters. The van der Waals surface area contributed by atoms with Gasteiger partial charge in [-0.3, -0.25) is 14.4 Å². The average molecular weight is 428 g/mol. The van der Waals surface area contributed by atoms with E-state index in [-0.39, 0.29) is 24.3 Å². The lowest BCUT2D eigenvalue weighted by molar-refractivity contribution is -0.134. The maximum absolute atomic E-state index is 13.2. The van der Waals surface area contributed by atoms with E-state index in [1.165, 1.54) is 35.1 Å². The summed E-state index contributed by atoms with van der Waals surface area (Å²) in [5.74, 6) is -0.610. The first-order valence-corrected chi connectivity index (χ1v) is 11.8. The fourth-order valence-electron chi connectivity index (χ4n) is 4.33. The van der Waals surface area contributed by atoms with Gasteiger partial charge in [0.15, 0.2) is 5.25 Å². The van der Waals surface area contributed by atoms with Crippen molar-refractivity contribution in [1.82, 2.24) is 10.2 Å². The van der Waals surface area contributed by atoms with Gasteiger partial charge in [0.1, 0.15) is 6.54 Å². The van der Waals surface area contributed by atoms with Crippen LogP contribution in [-0.2, 0) is 14.4 Å². The summed E-state index contributed by atoms with van der Waals surface area (Å²) in [5.41, 5.74) is 2.12. The number of anilines is 1. The molecule has 1 N–H and O–H groups in total. The Kier molecular flexibility index (Phi) is 6.77. The summed E-state index contributed by atoms with van der Waals surface area (Å²) in [4.78, 5) is 42.9. The quantitative estimate of drug-likeness (QED) is 0.559. The van der Waals surface area contributed by atoms with Gasteiger partial charge in [-0.25, -0.2) is 0 Å². The van der Waals surface area contributed by atoms with E-state index in [2.05, 4.69) is 11.4 Å². The molecular formula is C23H29N3O3S. The van der Waals surface area contributed by atoms with Crippen LogP contribution in [0.1, 0.15) is 44.9 Å². The molecule has 4 rings (SSSR count). The van der Waals surface area contributed by atoms with Crippen molar-refractivity contribution < 1.29 is 14.4 Å². The van der Waals surface area contributed by atoms with Gasteiger partial charge in [-0.15, -0.1) is 11.8 Å². The van der Waals surface area contributed by atoms with Crippen molar-refractivity contribution >= 4 is 35.2 Å². The SMILES string of the molecule is O=C(CN1C(=O)[C@@H](C(=O)N2CCCC2)Sc2ccccc21)NCCC1=CCCCC1. The minimum atomic E-state index is -0.807. The number of nitrogens with zero attached hydrogens (tertiary/aromatic N) is 2. The molecule has 1 aromatic carbocycles. The van der Waals surface area contributed by atoms with Crippen LogP contribution < -0.4 is 10.2 Å². The third-order valence-electron chi connectivity index (χ3n) is 5.99. The fraction of sp³-hybridized carbons (Fsp3) is 0.522. The molecule has 0 aromatic heterocycles. The molecule has 7 heteroatoms. The summed E-state index contributed by atoms with van der Waals surface area (Å²) in [5, 5.41) is 2.14. The van der Waals surface area contributed by atoms with Crippen molar-refractivity contribution in [3.05, 3.63) is 35.9 Å². The maximum atomic E-state index is 13.2. The zero-order valence-corrected chi connectivity index (χ0v) is 18.1. The molecule has 0 bridgehead atoms. The number of fused-ring (bicyclic) bond motifs is 1. The average Bonchev–Trinajstić information content (AvgIpc) is 3.31. The summed E-state index contributed by atoms with van der Waals surface area (Å²) in [6, 6.07) is 7.51. The Morgan fingerprint density at radius 3 is 2.67 bits per heavy atom. The van der Waals surface area contributed by atoms with Crippen molar-refractivity contribution in [2.24, 2.45) is 0 Å². The highest BCUT2D eigenvalue weighted by Crippen LogP contribution is 2.39. The molecule has 0 saturated carbocycles. The lowest BCUT2D eigenvalue weighted by atomic mass is 9.97. The zero-order valence-electron chi connectivity index (χ0n) is 17.3. The molecule has 1 aliphatic carbocycles. The number of nitrogens with one attached hydrogen (secondary N) is 1. The van der Waals surface area contributed by atoms with E-state index in [1.807, 2.05) is 24.3 Å². The molecule has 6 nitrogen and oxygen atoms in total. The van der Waals surface area contributed by atoms with E-state index in [0.29, 0.717) is 25.3 Å². The van der Waals surface area contributed by atoms with Crippen LogP contribution in [0.25, 0.3) is 0 Å². The normalized spacial score (nSPS) is 21.3. The molecule has 0 unspecified atom stereocenters. The predicted octanol–water partition coefficient (Wildman–Crippen LogP) is 3.12. The van der Waals surface area contributed by atoms with Gasteiger partial charge in [0.05, 0.1) is 5.69 Å². The molecule has 1 saturated heterocycles. The van der Waals surface area contributed by atoms with Crippen molar-refractivity contribution in [2.75, 3.05) is 31.1 Å². The van der Waals surface area contributed by atoms with Crippen LogP contribution in [0.4, 0.5) is 5.69 Å². The minimum Gasteiger partial charge on any atom is -0.354 e. The van der Waals surface area contributed by atoms with Crippen LogP contribution in [0.5, 0.6) is 0 Å². The van der Waals surface area contributed by atoms with E-state index in [0.717, 1.165) is 37.0 Å². The Morgan fingerprint density at radius 1 is 1.10 bits per heavy atom. The van der Waals surface area contributed by atoms with Crippen molar-refractivity contribution in [2.45, 2.75) is 55.1 Å². The van der Waals surface area contributed by atoms with Gasteiger partial charge in [0, 0.05) is 24.5 Å². The number of benzene rings is 1. The Bertz CT molecular complexity index is 848. The smallest absolute Gasteiger partial charge is 0.250 e. The second-order valence-electron chi connectivity index (χ2n) is 8.13. The number of carbonyl (C=O) groups is 3. The topological polar surface area (TPSA) is 69.7 Å². The van der Waals surface area contributed by atoms with Crippen LogP contribution in [0, 0.1) is 0 Å². The Balaban J connectivity index is 1.42. The number of hydrogen-bond donors (Lipinski definition) is 1. The molecule has 2 aliphatic heterocycles. The minimum absolute atomic E-state index is 0.0563. The number of thioether (sulfide) groups is 1. The first kappa shape index (κ1) is 21.0. The van der Waals surface area contributed by atoms with E-state index in [4.69, 9.17) is 0 Å². The molecule has 160 valence electrons. The van der Waals surface area contributed by atoms with Crippen LogP contribution >= 0.6 is 11.8 Å². The van der Waals surface area contributed by atoms with Crippen LogP contribution in [0.3, 0.4) is 0 Å². The first-order chi connectivity index (χ1) is 14.6. The second kappa shape index (κ2) is 9.69. The highest BCUT2D eigenvalue weighted by molar-refractivity contribution is 8.01. The van der Waals surface area contributed by atoms with Crippen molar-refractivity contribution in [3.63, 3.8) is 0 Å². The number of para-hydroxylation sites is 1. The van der Waals surface area contributed by atoms with Crippen molar-refractivity contribution in [3.8, 4) is 0 Å². The van der Waals surface area contributed by atoms with Gasteiger partial charge in [-0.2, -0.15) is 0 Å². The maximum Gasteiger partial charge on any atom is 0.250 e. The van der Waals surface area contributed by atoms with Gasteiger partial charge in [-0.1, -0.05) is 23.8 Å². The van der Waals surface area contributed by atoms with E-state index < -0.39 is 5.25 Å². The Morgan fingerprint density at radius 2 is 1.90 bits per heavy atom. The lowest BCUT2D eigenvalue weighted by Gasteiger charge is -2.34. The Hall–Kier alpha value is -2.28. The van der Waals surface area contributed by atoms with E-state index in [1.54, 1.807) is 4.90 Å². The number of likely N-dealkylation sites (tertiary alicyclic amines) is 1. The monoisotopic (exact) mass is 427 g/mol. The second-order valence-corrected chi connectivity index (χ2v) is 9.28. The highest BCUT2D eigenvalue weighted by Gasteiger charge is 2.41. The van der Waals surface area contributed by atoms with Crippen LogP contribution in [0.2, 0.25) is 0 Å². The molecule has 2 heterocycles. The molecule has 3 aliphatic rings. The molecule has 1 fully saturated rings. The van der Waals surface area contributed by atoms with Gasteiger partial charge in [0.2, 0.25) is 11.8 Å². The molecular weight excluding hydrogens is 398 g/mol. The number of allylic oxidation sites excluding steroid dienone is 1. The summed E-state index contributed by atoms with van der Waals surface area (Å²) in [6.45, 7) is 1.95. The molecule has 30 heavy (non-hydrogen) atoms. The number of carbonyl (C=O) groups excluding carboxylic acids is 3. The predicted molar refractivity (Wildman–Crippen MR) is 118 cm³/mol. The van der Waals surface area contributed by atoms with Crippen LogP contribution in [0.15, 0.2) is 40.8 Å². The third-order valence-corrected chi connectivity index (χ3v) is 7.23. The number of hydrogen-bond acceptors (Lipinski definition) is 4. The van der Waals surface area contributed by atoms with E-state index >= 15 is 0 Å². The summed E-state index contributed by atoms with van der Waals surface area (Å²) < 4.78 is 0. The van der Waals surface area contributed by atoms with Gasteiger partial charge in [0.25, 0.3) is 5.91 Å². The Labute approximate surface area is 182 Å². The summed E-state index contributed by atoms with van der Waals surface area (Å²) >= 11 is 1.31. The molecule has 3 amide bonds. The first-order valence-electron chi connectivity index (χ1n) is 10.9. The number of rotatable bonds is 6. The number of amides is 3. The zero-order chi connectivity index (χ0) is 20.9. The molecule has 0 radical (unpaired) electrons. The highest BCUT2D eigenvalue weighted by atomic mass is 32.2. The van der Waals surface area contributed by atoms with E-state index in [9.17, 15) is 14.4 Å². The van der Waals surface area contributed by atoms with Crippen molar-refractivity contribution in [1.29, 1.82) is 0 Å². The van der Waals surface area contributed by atoms with Gasteiger partial charge < -0.3 is 15.1 Å². The summed E-state index contributed by atoms with van der Waals surface area (Å²) in [7, 11) is 0. The summed E-state index contributed by atoms with van der Waals surface area (Å²) in [6.07, 6.45) is 9.84. The standard InChI is InChI=1S/C23H29N3O3S/c27-20(24-13-12-17-8-2-1-3-9-17)16-26-18-10-4-5-11-19(18)30-21(23(26)29)22(28)25-14-6-7-15-25/h4-5,8,10-11,21H,1-3,6-7,9,12-16H2,(H,24,27)/t21-/m1/s1. The lowest BCUT2D eigenvalue weighted by Crippen LogP contribution is -2.51. The fourth-order valence-corrected chi connectivity index (χ4v) is 5.52. The third kappa shape index (κ3) is 4.72. The van der Waals surface area contributed by atoms with Gasteiger partial charge >= 0.3 is 0 Å². The van der Waals surface area contributed by atoms with Crippen LogP contribution in [-0.4, -0.2) is 54.1 Å². The van der Waals surface area contributed by atoms with Gasteiger partial charge in [-0.05, 0) is 57.1 Å². The largest absolute Gasteiger partial charge is 0.354 e.